The Labute approximate surface area is 247 Å². The van der Waals surface area contributed by atoms with E-state index in [0.29, 0.717) is 29.1 Å². The minimum absolute atomic E-state index is 0.0135. The molecule has 0 aliphatic carbocycles. The number of halogens is 1. The van der Waals surface area contributed by atoms with E-state index in [9.17, 15) is 10.1 Å². The smallest absolute Gasteiger partial charge is 0.379 e. The standard InChI is InChI=1S/C33H31BrN2O5/c1-3-4-5-6-7-16-38-23-11-8-21(9-12-23)30-26-15-13-24(18-29(26)41-32(36)27(30)19-35)39-33(37)31-20(2)25-14-10-22(34)17-28(25)40-31/h8-15,17-18,30H,3-7,16,36H2,1-2H3. The Bertz CT molecular complexity index is 1650. The minimum Gasteiger partial charge on any atom is -0.494 e. The highest BCUT2D eigenvalue weighted by Gasteiger charge is 2.31. The first-order valence-corrected chi connectivity index (χ1v) is 14.5. The molecule has 0 amide bonds. The van der Waals surface area contributed by atoms with Crippen LogP contribution in [0.25, 0.3) is 11.0 Å². The van der Waals surface area contributed by atoms with Crippen LogP contribution in [0, 0.1) is 18.3 Å². The lowest BCUT2D eigenvalue weighted by molar-refractivity contribution is 0.0702. The predicted octanol–water partition coefficient (Wildman–Crippen LogP) is 8.29. The van der Waals surface area contributed by atoms with Crippen LogP contribution in [0.5, 0.6) is 17.2 Å². The van der Waals surface area contributed by atoms with Crippen LogP contribution in [0.15, 0.2) is 81.0 Å². The summed E-state index contributed by atoms with van der Waals surface area (Å²) in [7, 11) is 0. The maximum atomic E-state index is 13.0. The molecule has 0 saturated carbocycles. The molecule has 1 unspecified atom stereocenters. The summed E-state index contributed by atoms with van der Waals surface area (Å²) in [6, 6.07) is 20.5. The van der Waals surface area contributed by atoms with Gasteiger partial charge in [0.25, 0.3) is 0 Å². The lowest BCUT2D eigenvalue weighted by Crippen LogP contribution is -2.21. The topological polar surface area (TPSA) is 108 Å². The lowest BCUT2D eigenvalue weighted by Gasteiger charge is -2.26. The Hall–Kier alpha value is -4.22. The first-order valence-electron chi connectivity index (χ1n) is 13.7. The molecule has 4 aromatic rings. The molecule has 2 heterocycles. The molecule has 3 aromatic carbocycles. The highest BCUT2D eigenvalue weighted by molar-refractivity contribution is 9.10. The number of esters is 1. The van der Waals surface area contributed by atoms with Gasteiger partial charge < -0.3 is 24.4 Å². The molecule has 0 saturated heterocycles. The van der Waals surface area contributed by atoms with Gasteiger partial charge in [0.15, 0.2) is 0 Å². The fraction of sp³-hybridized carbons (Fsp3) is 0.273. The molecule has 5 rings (SSSR count). The van der Waals surface area contributed by atoms with Gasteiger partial charge in [-0.1, -0.05) is 66.7 Å². The van der Waals surface area contributed by atoms with Crippen molar-refractivity contribution >= 4 is 32.9 Å². The Kier molecular flexibility index (Phi) is 8.65. The van der Waals surface area contributed by atoms with Gasteiger partial charge in [-0.15, -0.1) is 0 Å². The predicted molar refractivity (Wildman–Crippen MR) is 160 cm³/mol. The van der Waals surface area contributed by atoms with Crippen molar-refractivity contribution in [1.29, 1.82) is 5.26 Å². The number of hydrogen-bond acceptors (Lipinski definition) is 7. The van der Waals surface area contributed by atoms with Gasteiger partial charge >= 0.3 is 5.97 Å². The number of hydrogen-bond donors (Lipinski definition) is 1. The number of nitrogens with two attached hydrogens (primary N) is 1. The number of furan rings is 1. The number of ether oxygens (including phenoxy) is 3. The van der Waals surface area contributed by atoms with Crippen molar-refractivity contribution in [2.75, 3.05) is 6.61 Å². The molecule has 0 bridgehead atoms. The number of carbonyl (C=O) groups excluding carboxylic acids is 1. The summed E-state index contributed by atoms with van der Waals surface area (Å²) in [5, 5.41) is 10.7. The van der Waals surface area contributed by atoms with Crippen molar-refractivity contribution in [3.8, 4) is 23.3 Å². The summed E-state index contributed by atoms with van der Waals surface area (Å²) >= 11 is 3.42. The molecule has 41 heavy (non-hydrogen) atoms. The van der Waals surface area contributed by atoms with E-state index in [1.165, 1.54) is 19.3 Å². The number of nitrogens with zero attached hydrogens (tertiary/aromatic N) is 1. The minimum atomic E-state index is -0.621. The molecular weight excluding hydrogens is 584 g/mol. The van der Waals surface area contributed by atoms with Crippen molar-refractivity contribution in [3.63, 3.8) is 0 Å². The average molecular weight is 616 g/mol. The van der Waals surface area contributed by atoms with Gasteiger partial charge in [-0.25, -0.2) is 4.79 Å². The number of unbranched alkanes of at least 4 members (excludes halogenated alkanes) is 4. The first-order chi connectivity index (χ1) is 19.9. The molecule has 8 heteroatoms. The average Bonchev–Trinajstić information content (AvgIpc) is 3.29. The highest BCUT2D eigenvalue weighted by Crippen LogP contribution is 2.44. The van der Waals surface area contributed by atoms with Crippen molar-refractivity contribution < 1.29 is 23.4 Å². The maximum absolute atomic E-state index is 13.0. The van der Waals surface area contributed by atoms with Crippen molar-refractivity contribution in [2.24, 2.45) is 5.73 Å². The van der Waals surface area contributed by atoms with E-state index in [0.717, 1.165) is 39.6 Å². The van der Waals surface area contributed by atoms with Gasteiger partial charge in [0.05, 0.1) is 12.5 Å². The van der Waals surface area contributed by atoms with Crippen molar-refractivity contribution in [3.05, 3.63) is 99.0 Å². The normalized spacial score (nSPS) is 14.3. The van der Waals surface area contributed by atoms with Crippen molar-refractivity contribution in [1.82, 2.24) is 0 Å². The van der Waals surface area contributed by atoms with Crippen LogP contribution in [0.1, 0.15) is 72.2 Å². The van der Waals surface area contributed by atoms with Crippen LogP contribution >= 0.6 is 15.9 Å². The largest absolute Gasteiger partial charge is 0.494 e. The Morgan fingerprint density at radius 3 is 2.54 bits per heavy atom. The molecular formula is C33H31BrN2O5. The third-order valence-corrected chi connectivity index (χ3v) is 7.71. The summed E-state index contributed by atoms with van der Waals surface area (Å²) < 4.78 is 24.0. The molecule has 2 N–H and O–H groups in total. The van der Waals surface area contributed by atoms with Gasteiger partial charge in [-0.2, -0.15) is 5.26 Å². The summed E-state index contributed by atoms with van der Waals surface area (Å²) in [5.74, 6) is 0.544. The Balaban J connectivity index is 1.34. The van der Waals surface area contributed by atoms with E-state index in [1.54, 1.807) is 24.3 Å². The number of aryl methyl sites for hydroxylation is 1. The number of nitriles is 1. The molecule has 210 valence electrons. The van der Waals surface area contributed by atoms with Gasteiger partial charge in [0.1, 0.15) is 34.5 Å². The molecule has 0 fully saturated rings. The number of benzene rings is 3. The van der Waals surface area contributed by atoms with Crippen LogP contribution in [0.4, 0.5) is 0 Å². The second-order valence-electron chi connectivity index (χ2n) is 10.0. The molecule has 1 aliphatic rings. The molecule has 0 radical (unpaired) electrons. The number of carbonyl (C=O) groups is 1. The molecule has 1 aromatic heterocycles. The summed E-state index contributed by atoms with van der Waals surface area (Å²) in [5.41, 5.74) is 9.39. The van der Waals surface area contributed by atoms with Crippen LogP contribution in [-0.4, -0.2) is 12.6 Å². The maximum Gasteiger partial charge on any atom is 0.379 e. The molecule has 1 atom stereocenters. The van der Waals surface area contributed by atoms with E-state index in [1.807, 2.05) is 43.3 Å². The fourth-order valence-corrected chi connectivity index (χ4v) is 5.38. The van der Waals surface area contributed by atoms with Gasteiger partial charge in [-0.3, -0.25) is 0 Å². The van der Waals surface area contributed by atoms with Crippen LogP contribution in [0.2, 0.25) is 0 Å². The quantitative estimate of drug-likeness (QED) is 0.109. The first kappa shape index (κ1) is 28.3. The molecule has 7 nitrogen and oxygen atoms in total. The van der Waals surface area contributed by atoms with Crippen LogP contribution in [0.3, 0.4) is 0 Å². The van der Waals surface area contributed by atoms with Crippen LogP contribution < -0.4 is 19.9 Å². The van der Waals surface area contributed by atoms with E-state index < -0.39 is 11.9 Å². The zero-order valence-electron chi connectivity index (χ0n) is 23.0. The highest BCUT2D eigenvalue weighted by atomic mass is 79.9. The second kappa shape index (κ2) is 12.5. The Morgan fingerprint density at radius 2 is 1.78 bits per heavy atom. The lowest BCUT2D eigenvalue weighted by atomic mass is 9.83. The van der Waals surface area contributed by atoms with E-state index >= 15 is 0 Å². The third-order valence-electron chi connectivity index (χ3n) is 7.22. The second-order valence-corrected chi connectivity index (χ2v) is 11.0. The monoisotopic (exact) mass is 614 g/mol. The van der Waals surface area contributed by atoms with Gasteiger partial charge in [0, 0.05) is 27.1 Å². The Morgan fingerprint density at radius 1 is 1.02 bits per heavy atom. The van der Waals surface area contributed by atoms with E-state index in [4.69, 9.17) is 24.4 Å². The summed E-state index contributed by atoms with van der Waals surface area (Å²) in [6.07, 6.45) is 5.88. The third kappa shape index (κ3) is 6.10. The van der Waals surface area contributed by atoms with E-state index in [-0.39, 0.29) is 17.4 Å². The SMILES string of the molecule is CCCCCCCOc1ccc(C2C(C#N)=C(N)Oc3cc(OC(=O)c4oc5cc(Br)ccc5c4C)ccc32)cc1. The van der Waals surface area contributed by atoms with Gasteiger partial charge in [0.2, 0.25) is 11.6 Å². The summed E-state index contributed by atoms with van der Waals surface area (Å²) in [6.45, 7) is 4.69. The van der Waals surface area contributed by atoms with E-state index in [2.05, 4.69) is 28.9 Å². The number of allylic oxidation sites excluding steroid dienone is 1. The molecule has 1 aliphatic heterocycles. The van der Waals surface area contributed by atoms with Crippen LogP contribution in [-0.2, 0) is 0 Å². The zero-order chi connectivity index (χ0) is 28.9. The zero-order valence-corrected chi connectivity index (χ0v) is 24.6. The summed E-state index contributed by atoms with van der Waals surface area (Å²) in [4.78, 5) is 13.0. The number of fused-ring (bicyclic) bond motifs is 2. The molecule has 0 spiro atoms. The fourth-order valence-electron chi connectivity index (χ4n) is 5.04. The van der Waals surface area contributed by atoms with Gasteiger partial charge in [-0.05, 0) is 55.3 Å². The van der Waals surface area contributed by atoms with Crippen molar-refractivity contribution in [2.45, 2.75) is 51.9 Å². The number of rotatable bonds is 10.